The summed E-state index contributed by atoms with van der Waals surface area (Å²) in [7, 11) is 0. The van der Waals surface area contributed by atoms with Gasteiger partial charge in [-0.15, -0.1) is 0 Å². The van der Waals surface area contributed by atoms with Gasteiger partial charge >= 0.3 is 12.2 Å². The van der Waals surface area contributed by atoms with E-state index >= 15 is 0 Å². The number of hydrogen-bond acceptors (Lipinski definition) is 3. The molecule has 2 aromatic carbocycles. The van der Waals surface area contributed by atoms with E-state index in [9.17, 15) is 32.3 Å². The summed E-state index contributed by atoms with van der Waals surface area (Å²) in [6.07, 6.45) is -5.35. The molecule has 5 nitrogen and oxygen atoms in total. The summed E-state index contributed by atoms with van der Waals surface area (Å²) in [5.41, 5.74) is -3.18. The Balaban J connectivity index is 2.13. The minimum Gasteiger partial charge on any atom is -0.363 e. The van der Waals surface area contributed by atoms with Crippen LogP contribution in [-0.4, -0.2) is 28.8 Å². The van der Waals surface area contributed by atoms with E-state index in [2.05, 4.69) is 5.32 Å². The lowest BCUT2D eigenvalue weighted by Gasteiger charge is -2.45. The third-order valence-electron chi connectivity index (χ3n) is 5.35. The fourth-order valence-corrected chi connectivity index (χ4v) is 3.60. The van der Waals surface area contributed by atoms with Crippen LogP contribution in [0, 0.1) is 11.7 Å². The predicted molar refractivity (Wildman–Crippen MR) is 105 cm³/mol. The van der Waals surface area contributed by atoms with Gasteiger partial charge in [0.15, 0.2) is 5.78 Å². The van der Waals surface area contributed by atoms with Crippen molar-refractivity contribution in [1.82, 2.24) is 10.6 Å². The van der Waals surface area contributed by atoms with Gasteiger partial charge in [-0.25, -0.2) is 9.18 Å². The van der Waals surface area contributed by atoms with Gasteiger partial charge in [-0.1, -0.05) is 45.0 Å². The molecule has 166 valence electrons. The molecule has 1 aliphatic heterocycles. The zero-order valence-corrected chi connectivity index (χ0v) is 17.0. The number of carbonyl (C=O) groups is 2. The van der Waals surface area contributed by atoms with Gasteiger partial charge in [0.25, 0.3) is 0 Å². The molecule has 3 atom stereocenters. The highest BCUT2D eigenvalue weighted by Crippen LogP contribution is 2.44. The molecule has 0 aromatic heterocycles. The van der Waals surface area contributed by atoms with Gasteiger partial charge in [-0.2, -0.15) is 13.2 Å². The van der Waals surface area contributed by atoms with E-state index in [4.69, 9.17) is 0 Å². The fourth-order valence-electron chi connectivity index (χ4n) is 3.60. The van der Waals surface area contributed by atoms with E-state index in [0.717, 1.165) is 29.8 Å². The Morgan fingerprint density at radius 3 is 2.03 bits per heavy atom. The molecule has 0 spiro atoms. The molecule has 0 radical (unpaired) electrons. The van der Waals surface area contributed by atoms with E-state index in [1.807, 2.05) is 20.8 Å². The van der Waals surface area contributed by atoms with Crippen LogP contribution in [-0.2, 0) is 5.41 Å². The number of benzene rings is 2. The Labute approximate surface area is 176 Å². The van der Waals surface area contributed by atoms with Crippen molar-refractivity contribution >= 4 is 11.8 Å². The maximum absolute atomic E-state index is 13.9. The van der Waals surface area contributed by atoms with Crippen molar-refractivity contribution in [2.75, 3.05) is 0 Å². The van der Waals surface area contributed by atoms with E-state index in [-0.39, 0.29) is 16.5 Å². The first-order valence-electron chi connectivity index (χ1n) is 9.52. The Morgan fingerprint density at radius 2 is 1.55 bits per heavy atom. The van der Waals surface area contributed by atoms with Crippen molar-refractivity contribution in [1.29, 1.82) is 0 Å². The Hall–Kier alpha value is -2.94. The van der Waals surface area contributed by atoms with Crippen molar-refractivity contribution in [3.8, 4) is 0 Å². The van der Waals surface area contributed by atoms with Crippen molar-refractivity contribution in [3.05, 3.63) is 71.0 Å². The first-order chi connectivity index (χ1) is 14.2. The summed E-state index contributed by atoms with van der Waals surface area (Å²) in [6.45, 7) is 5.87. The second-order valence-corrected chi connectivity index (χ2v) is 8.56. The SMILES string of the molecule is CC(C)(C)c1ccc([C@@H]2NC(=O)N[C@@](O)(C(F)(F)F)[C@H]2C(=O)c2ccc(F)cc2)cc1. The second-order valence-electron chi connectivity index (χ2n) is 8.56. The van der Waals surface area contributed by atoms with Crippen LogP contribution in [0.5, 0.6) is 0 Å². The molecule has 1 aliphatic rings. The average Bonchev–Trinajstić information content (AvgIpc) is 2.66. The quantitative estimate of drug-likeness (QED) is 0.496. The molecule has 9 heteroatoms. The maximum atomic E-state index is 13.9. The number of aliphatic hydroxyl groups is 1. The summed E-state index contributed by atoms with van der Waals surface area (Å²) >= 11 is 0. The molecular weight excluding hydrogens is 416 g/mol. The van der Waals surface area contributed by atoms with Gasteiger partial charge in [-0.05, 0) is 40.8 Å². The monoisotopic (exact) mass is 438 g/mol. The number of amides is 2. The number of ketones is 1. The summed E-state index contributed by atoms with van der Waals surface area (Å²) < 4.78 is 54.9. The number of hydrogen-bond donors (Lipinski definition) is 3. The number of rotatable bonds is 3. The molecule has 3 rings (SSSR count). The molecule has 0 bridgehead atoms. The summed E-state index contributed by atoms with van der Waals surface area (Å²) in [5.74, 6) is -3.93. The highest BCUT2D eigenvalue weighted by Gasteiger charge is 2.66. The van der Waals surface area contributed by atoms with E-state index in [1.54, 1.807) is 12.1 Å². The van der Waals surface area contributed by atoms with Crippen LogP contribution >= 0.6 is 0 Å². The Kier molecular flexibility index (Phi) is 5.60. The van der Waals surface area contributed by atoms with Gasteiger partial charge in [-0.3, -0.25) is 4.79 Å². The van der Waals surface area contributed by atoms with E-state index in [1.165, 1.54) is 17.4 Å². The van der Waals surface area contributed by atoms with Crippen LogP contribution in [0.4, 0.5) is 22.4 Å². The van der Waals surface area contributed by atoms with Crippen LogP contribution in [0.15, 0.2) is 48.5 Å². The molecule has 2 aromatic rings. The van der Waals surface area contributed by atoms with Gasteiger partial charge in [0, 0.05) is 5.56 Å². The predicted octanol–water partition coefficient (Wildman–Crippen LogP) is 4.23. The van der Waals surface area contributed by atoms with Crippen LogP contribution in [0.25, 0.3) is 0 Å². The first-order valence-corrected chi connectivity index (χ1v) is 9.52. The summed E-state index contributed by atoms with van der Waals surface area (Å²) in [5, 5.41) is 14.3. The minimum atomic E-state index is -5.35. The molecule has 1 heterocycles. The van der Waals surface area contributed by atoms with Gasteiger partial charge in [0.2, 0.25) is 5.72 Å². The topological polar surface area (TPSA) is 78.4 Å². The zero-order chi connectivity index (χ0) is 23.2. The normalized spacial score (nSPS) is 24.3. The highest BCUT2D eigenvalue weighted by molar-refractivity contribution is 6.00. The standard InChI is InChI=1S/C22H22F4N2O3/c1-20(2,3)14-8-4-12(5-9-14)17-16(18(29)13-6-10-15(23)11-7-13)21(31,22(24,25)26)28-19(30)27-17/h4-11,16-17,31H,1-3H3,(H2,27,28,30)/t16-,17+,21+/m1/s1. The largest absolute Gasteiger partial charge is 0.437 e. The van der Waals surface area contributed by atoms with E-state index in [0.29, 0.717) is 0 Å². The molecule has 1 saturated heterocycles. The van der Waals surface area contributed by atoms with Crippen LogP contribution in [0.2, 0.25) is 0 Å². The summed E-state index contributed by atoms with van der Waals surface area (Å²) in [4.78, 5) is 25.2. The van der Waals surface area contributed by atoms with Crippen molar-refractivity contribution in [3.63, 3.8) is 0 Å². The van der Waals surface area contributed by atoms with Crippen molar-refractivity contribution < 1.29 is 32.3 Å². The molecule has 2 amide bonds. The number of alkyl halides is 3. The van der Waals surface area contributed by atoms with Gasteiger partial charge < -0.3 is 15.7 Å². The number of urea groups is 1. The first kappa shape index (κ1) is 22.7. The van der Waals surface area contributed by atoms with Crippen LogP contribution in [0.1, 0.15) is 48.3 Å². The molecule has 1 fully saturated rings. The molecular formula is C22H22F4N2O3. The lowest BCUT2D eigenvalue weighted by molar-refractivity contribution is -0.287. The third-order valence-corrected chi connectivity index (χ3v) is 5.35. The number of carbonyl (C=O) groups excluding carboxylic acids is 2. The Bertz CT molecular complexity index is 982. The Morgan fingerprint density at radius 1 is 1.00 bits per heavy atom. The van der Waals surface area contributed by atoms with Crippen molar-refractivity contribution in [2.24, 2.45) is 5.92 Å². The van der Waals surface area contributed by atoms with E-state index < -0.39 is 41.5 Å². The minimum absolute atomic E-state index is 0.214. The zero-order valence-electron chi connectivity index (χ0n) is 17.0. The molecule has 0 saturated carbocycles. The van der Waals surface area contributed by atoms with Crippen molar-refractivity contribution in [2.45, 2.75) is 44.1 Å². The average molecular weight is 438 g/mol. The fraction of sp³-hybridized carbons (Fsp3) is 0.364. The number of nitrogens with one attached hydrogen (secondary N) is 2. The molecule has 31 heavy (non-hydrogen) atoms. The molecule has 0 aliphatic carbocycles. The van der Waals surface area contributed by atoms with Crippen LogP contribution in [0.3, 0.4) is 0 Å². The lowest BCUT2D eigenvalue weighted by Crippen LogP contribution is -2.72. The molecule has 0 unspecified atom stereocenters. The van der Waals surface area contributed by atoms with Gasteiger partial charge in [0.05, 0.1) is 6.04 Å². The lowest BCUT2D eigenvalue weighted by atomic mass is 9.76. The van der Waals surface area contributed by atoms with Crippen LogP contribution < -0.4 is 10.6 Å². The summed E-state index contributed by atoms with van der Waals surface area (Å²) in [6, 6.07) is 7.58. The number of Topliss-reactive ketones (excluding diaryl/α,β-unsaturated/α-hetero) is 1. The number of halogens is 4. The maximum Gasteiger partial charge on any atom is 0.437 e. The second kappa shape index (κ2) is 7.64. The van der Waals surface area contributed by atoms with Gasteiger partial charge in [0.1, 0.15) is 11.7 Å². The molecule has 3 N–H and O–H groups in total. The smallest absolute Gasteiger partial charge is 0.363 e. The highest BCUT2D eigenvalue weighted by atomic mass is 19.4. The third kappa shape index (κ3) is 4.27.